The molecule has 2 nitrogen and oxygen atoms in total. The van der Waals surface area contributed by atoms with E-state index in [0.717, 1.165) is 34.8 Å². The molecule has 0 aromatic heterocycles. The van der Waals surface area contributed by atoms with Gasteiger partial charge in [0.2, 0.25) is 0 Å². The third kappa shape index (κ3) is 4.90. The Hall–Kier alpha value is -2.84. The fourth-order valence-electron chi connectivity index (χ4n) is 3.64. The fraction of sp³-hybridized carbons (Fsp3) is 0.231. The van der Waals surface area contributed by atoms with Crippen LogP contribution in [-0.2, 0) is 4.74 Å². The first kappa shape index (κ1) is 18.5. The van der Waals surface area contributed by atoms with Crippen LogP contribution in [0.3, 0.4) is 0 Å². The zero-order valence-corrected chi connectivity index (χ0v) is 16.3. The van der Waals surface area contributed by atoms with E-state index in [2.05, 4.69) is 59.5 Å². The van der Waals surface area contributed by atoms with Crippen molar-refractivity contribution in [2.75, 3.05) is 19.6 Å². The molecule has 2 aromatic rings. The van der Waals surface area contributed by atoms with Crippen LogP contribution in [0.2, 0.25) is 0 Å². The van der Waals surface area contributed by atoms with Gasteiger partial charge in [-0.1, -0.05) is 85.3 Å². The molecule has 0 atom stereocenters. The van der Waals surface area contributed by atoms with Crippen molar-refractivity contribution in [3.8, 4) is 0 Å². The number of hydrogen-bond donors (Lipinski definition) is 0. The number of benzene rings is 2. The summed E-state index contributed by atoms with van der Waals surface area (Å²) < 4.78 is 6.24. The molecule has 2 heterocycles. The number of allylic oxidation sites excluding steroid dienone is 5. The Kier molecular flexibility index (Phi) is 6.21. The minimum atomic E-state index is 0.887. The Morgan fingerprint density at radius 3 is 1.89 bits per heavy atom. The summed E-state index contributed by atoms with van der Waals surface area (Å²) in [4.78, 5) is 2.53. The maximum atomic E-state index is 6.24. The van der Waals surface area contributed by atoms with E-state index in [0.29, 0.717) is 0 Å². The van der Waals surface area contributed by atoms with Gasteiger partial charge in [-0.25, -0.2) is 0 Å². The maximum Gasteiger partial charge on any atom is 0.135 e. The molecule has 2 heteroatoms. The Morgan fingerprint density at radius 1 is 0.750 bits per heavy atom. The average molecular weight is 370 g/mol. The van der Waals surface area contributed by atoms with Crippen molar-refractivity contribution in [1.29, 1.82) is 0 Å². The van der Waals surface area contributed by atoms with Crippen LogP contribution in [0.15, 0.2) is 96.6 Å². The van der Waals surface area contributed by atoms with Gasteiger partial charge in [0.1, 0.15) is 11.5 Å². The molecule has 28 heavy (non-hydrogen) atoms. The van der Waals surface area contributed by atoms with Crippen molar-refractivity contribution in [2.45, 2.75) is 19.3 Å². The summed E-state index contributed by atoms with van der Waals surface area (Å²) in [6.07, 6.45) is 14.9. The van der Waals surface area contributed by atoms with Gasteiger partial charge >= 0.3 is 0 Å². The van der Waals surface area contributed by atoms with Gasteiger partial charge in [-0.05, 0) is 43.7 Å². The lowest BCUT2D eigenvalue weighted by Gasteiger charge is -2.24. The molecule has 0 saturated carbocycles. The zero-order chi connectivity index (χ0) is 19.0. The van der Waals surface area contributed by atoms with Crippen LogP contribution in [0.1, 0.15) is 30.4 Å². The molecule has 0 unspecified atom stereocenters. The lowest BCUT2D eigenvalue weighted by atomic mass is 10.0. The molecule has 0 N–H and O–H groups in total. The van der Waals surface area contributed by atoms with E-state index in [1.165, 1.54) is 32.4 Å². The molecule has 0 spiro atoms. The molecule has 2 aromatic carbocycles. The van der Waals surface area contributed by atoms with Crippen molar-refractivity contribution in [2.24, 2.45) is 0 Å². The van der Waals surface area contributed by atoms with Gasteiger partial charge in [-0.15, -0.1) is 0 Å². The second-order valence-electron chi connectivity index (χ2n) is 7.31. The highest BCUT2D eigenvalue weighted by atomic mass is 16.5. The van der Waals surface area contributed by atoms with E-state index in [1.54, 1.807) is 0 Å². The van der Waals surface area contributed by atoms with Gasteiger partial charge in [0, 0.05) is 17.7 Å². The molecule has 2 aliphatic heterocycles. The van der Waals surface area contributed by atoms with E-state index in [4.69, 9.17) is 4.74 Å². The predicted molar refractivity (Wildman–Crippen MR) is 117 cm³/mol. The Balaban J connectivity index is 1.55. The standard InChI is InChI=1S/C26H27NO/c1-4-13-23(14-5-1)25-20-22(12-8-11-19-27-17-9-3-10-18-27)21-26(28-25)24-15-6-2-7-16-24/h1-2,4-8,11-16,20-21H,3,9-10,17-19H2/b11-8-. The number of nitrogens with zero attached hydrogens (tertiary/aromatic N) is 1. The largest absolute Gasteiger partial charge is 0.456 e. The summed E-state index contributed by atoms with van der Waals surface area (Å²) in [5.41, 5.74) is 3.33. The Bertz CT molecular complexity index is 827. The van der Waals surface area contributed by atoms with Gasteiger partial charge in [0.25, 0.3) is 0 Å². The third-order valence-corrected chi connectivity index (χ3v) is 5.17. The summed E-state index contributed by atoms with van der Waals surface area (Å²) >= 11 is 0. The van der Waals surface area contributed by atoms with Crippen LogP contribution in [0.4, 0.5) is 0 Å². The smallest absolute Gasteiger partial charge is 0.135 e. The van der Waals surface area contributed by atoms with Crippen LogP contribution >= 0.6 is 0 Å². The topological polar surface area (TPSA) is 12.5 Å². The summed E-state index contributed by atoms with van der Waals surface area (Å²) in [5.74, 6) is 1.77. The van der Waals surface area contributed by atoms with E-state index in [-0.39, 0.29) is 0 Å². The molecule has 1 fully saturated rings. The lowest BCUT2D eigenvalue weighted by Crippen LogP contribution is -2.29. The number of ether oxygens (including phenoxy) is 1. The maximum absolute atomic E-state index is 6.24. The predicted octanol–water partition coefficient (Wildman–Crippen LogP) is 6.07. The summed E-state index contributed by atoms with van der Waals surface area (Å²) in [6, 6.07) is 20.6. The fourth-order valence-corrected chi connectivity index (χ4v) is 3.64. The summed E-state index contributed by atoms with van der Waals surface area (Å²) in [7, 11) is 0. The van der Waals surface area contributed by atoms with Gasteiger partial charge in [-0.2, -0.15) is 0 Å². The first-order valence-corrected chi connectivity index (χ1v) is 10.2. The molecular weight excluding hydrogens is 342 g/mol. The minimum Gasteiger partial charge on any atom is -0.456 e. The highest BCUT2D eigenvalue weighted by molar-refractivity contribution is 5.77. The van der Waals surface area contributed by atoms with Crippen LogP contribution < -0.4 is 0 Å². The second-order valence-corrected chi connectivity index (χ2v) is 7.31. The molecule has 2 aliphatic rings. The molecular formula is C26H27NO. The molecule has 0 amide bonds. The van der Waals surface area contributed by atoms with Crippen LogP contribution in [0.25, 0.3) is 11.5 Å². The molecule has 4 rings (SSSR count). The SMILES string of the molecule is C(/C=C\CN1CCCCC1)=C1C=C(c2ccccc2)OC(c2ccccc2)=C1. The number of rotatable bonds is 5. The molecule has 0 radical (unpaired) electrons. The summed E-state index contributed by atoms with van der Waals surface area (Å²) in [6.45, 7) is 3.49. The monoisotopic (exact) mass is 369 g/mol. The highest BCUT2D eigenvalue weighted by Gasteiger charge is 2.14. The first-order valence-electron chi connectivity index (χ1n) is 10.2. The Labute approximate surface area is 168 Å². The molecule has 0 bridgehead atoms. The zero-order valence-electron chi connectivity index (χ0n) is 16.3. The number of likely N-dealkylation sites (tertiary alicyclic amines) is 1. The Morgan fingerprint density at radius 2 is 1.32 bits per heavy atom. The van der Waals surface area contributed by atoms with Crippen molar-refractivity contribution in [1.82, 2.24) is 4.90 Å². The van der Waals surface area contributed by atoms with Gasteiger partial charge in [-0.3, -0.25) is 4.90 Å². The van der Waals surface area contributed by atoms with Crippen LogP contribution in [0.5, 0.6) is 0 Å². The summed E-state index contributed by atoms with van der Waals surface area (Å²) in [5, 5.41) is 0. The average Bonchev–Trinajstić information content (AvgIpc) is 2.78. The first-order chi connectivity index (χ1) is 13.9. The van der Waals surface area contributed by atoms with Crippen molar-refractivity contribution in [3.05, 3.63) is 108 Å². The molecule has 1 saturated heterocycles. The van der Waals surface area contributed by atoms with Crippen LogP contribution in [0, 0.1) is 0 Å². The van der Waals surface area contributed by atoms with Crippen molar-refractivity contribution < 1.29 is 4.74 Å². The minimum absolute atomic E-state index is 0.887. The van der Waals surface area contributed by atoms with Gasteiger partial charge in [0.15, 0.2) is 0 Å². The van der Waals surface area contributed by atoms with Gasteiger partial charge < -0.3 is 4.74 Å². The molecule has 142 valence electrons. The second kappa shape index (κ2) is 9.38. The lowest BCUT2D eigenvalue weighted by molar-refractivity contribution is 0.251. The number of hydrogen-bond acceptors (Lipinski definition) is 2. The van der Waals surface area contributed by atoms with E-state index in [1.807, 2.05) is 36.4 Å². The third-order valence-electron chi connectivity index (χ3n) is 5.17. The van der Waals surface area contributed by atoms with Gasteiger partial charge in [0.05, 0.1) is 0 Å². The van der Waals surface area contributed by atoms with Crippen LogP contribution in [-0.4, -0.2) is 24.5 Å². The number of piperidine rings is 1. The quantitative estimate of drug-likeness (QED) is 0.634. The normalized spacial score (nSPS) is 17.8. The van der Waals surface area contributed by atoms with E-state index >= 15 is 0 Å². The van der Waals surface area contributed by atoms with Crippen molar-refractivity contribution >= 4 is 11.5 Å². The highest BCUT2D eigenvalue weighted by Crippen LogP contribution is 2.31. The van der Waals surface area contributed by atoms with Crippen molar-refractivity contribution in [3.63, 3.8) is 0 Å². The van der Waals surface area contributed by atoms with E-state index < -0.39 is 0 Å². The molecule has 0 aliphatic carbocycles. The van der Waals surface area contributed by atoms with E-state index in [9.17, 15) is 0 Å².